The van der Waals surface area contributed by atoms with Crippen molar-refractivity contribution < 1.29 is 19.8 Å². The highest BCUT2D eigenvalue weighted by Crippen LogP contribution is 2.23. The predicted octanol–water partition coefficient (Wildman–Crippen LogP) is 3.09. The normalized spacial score (nSPS) is 13.0. The van der Waals surface area contributed by atoms with Crippen LogP contribution in [-0.2, 0) is 4.79 Å². The zero-order valence-electron chi connectivity index (χ0n) is 14.5. The van der Waals surface area contributed by atoms with Gasteiger partial charge in [0.15, 0.2) is 0 Å². The smallest absolute Gasteiger partial charge is 0.305 e. The molecule has 0 aliphatic heterocycles. The molecule has 0 aromatic heterocycles. The van der Waals surface area contributed by atoms with Crippen LogP contribution >= 0.6 is 0 Å². The Morgan fingerprint density at radius 1 is 1.13 bits per heavy atom. The summed E-state index contributed by atoms with van der Waals surface area (Å²) in [6, 6.07) is 6.86. The number of benzene rings is 1. The molecule has 0 aliphatic carbocycles. The number of carboxylic acid groups (broad SMARTS) is 1. The van der Waals surface area contributed by atoms with Crippen molar-refractivity contribution in [3.63, 3.8) is 0 Å². The minimum Gasteiger partial charge on any atom is -0.481 e. The Kier molecular flexibility index (Phi) is 6.33. The van der Waals surface area contributed by atoms with Gasteiger partial charge in [-0.05, 0) is 44.4 Å². The monoisotopic (exact) mass is 321 g/mol. The number of aliphatic carboxylic acids is 1. The molecular weight excluding hydrogens is 294 g/mol. The molecule has 0 spiro atoms. The van der Waals surface area contributed by atoms with Gasteiger partial charge in [-0.2, -0.15) is 0 Å². The third kappa shape index (κ3) is 5.36. The van der Waals surface area contributed by atoms with Gasteiger partial charge in [0.1, 0.15) is 0 Å². The second-order valence-electron chi connectivity index (χ2n) is 7.08. The molecule has 5 heteroatoms. The summed E-state index contributed by atoms with van der Waals surface area (Å²) in [5.74, 6) is -1.04. The van der Waals surface area contributed by atoms with Crippen LogP contribution in [-0.4, -0.2) is 39.1 Å². The second kappa shape index (κ2) is 7.59. The molecule has 1 aromatic rings. The summed E-state index contributed by atoms with van der Waals surface area (Å²) in [5.41, 5.74) is 0.789. The summed E-state index contributed by atoms with van der Waals surface area (Å²) in [5, 5.41) is 18.9. The van der Waals surface area contributed by atoms with E-state index in [-0.39, 0.29) is 24.8 Å². The number of hydrogen-bond donors (Lipinski definition) is 2. The first-order chi connectivity index (χ1) is 10.5. The van der Waals surface area contributed by atoms with Crippen LogP contribution in [0.25, 0.3) is 0 Å². The molecule has 5 nitrogen and oxygen atoms in total. The van der Waals surface area contributed by atoms with E-state index in [9.17, 15) is 14.7 Å². The third-order valence-corrected chi connectivity index (χ3v) is 3.73. The number of carboxylic acids is 1. The quantitative estimate of drug-likeness (QED) is 0.844. The summed E-state index contributed by atoms with van der Waals surface area (Å²) in [6.45, 7) is 9.65. The minimum atomic E-state index is -0.928. The topological polar surface area (TPSA) is 77.8 Å². The highest BCUT2D eigenvalue weighted by atomic mass is 16.4. The third-order valence-electron chi connectivity index (χ3n) is 3.73. The van der Waals surface area contributed by atoms with Gasteiger partial charge in [0, 0.05) is 17.6 Å². The molecule has 128 valence electrons. The van der Waals surface area contributed by atoms with E-state index < -0.39 is 17.6 Å². The van der Waals surface area contributed by atoms with Gasteiger partial charge in [0.2, 0.25) is 0 Å². The molecule has 1 amide bonds. The van der Waals surface area contributed by atoms with E-state index in [1.165, 1.54) is 0 Å². The number of carbonyl (C=O) groups is 2. The van der Waals surface area contributed by atoms with Crippen molar-refractivity contribution in [3.8, 4) is 0 Å². The predicted molar refractivity (Wildman–Crippen MR) is 89.3 cm³/mol. The fourth-order valence-electron chi connectivity index (χ4n) is 2.31. The number of nitrogens with zero attached hydrogens (tertiary/aromatic N) is 1. The lowest BCUT2D eigenvalue weighted by molar-refractivity contribution is -0.137. The Labute approximate surface area is 137 Å². The van der Waals surface area contributed by atoms with Crippen molar-refractivity contribution in [2.24, 2.45) is 5.92 Å². The fourth-order valence-corrected chi connectivity index (χ4v) is 2.31. The standard InChI is InChI=1S/C18H27NO4/c1-12(2)16(22)13-6-8-14(9-7-13)17(23)19(18(3,4)5)11-10-15(20)21/h6-9,12,16,22H,10-11H2,1-5H3,(H,20,21). The average molecular weight is 321 g/mol. The minimum absolute atomic E-state index is 0.0901. The molecule has 1 atom stereocenters. The summed E-state index contributed by atoms with van der Waals surface area (Å²) >= 11 is 0. The molecule has 23 heavy (non-hydrogen) atoms. The molecule has 0 heterocycles. The lowest BCUT2D eigenvalue weighted by Gasteiger charge is -2.35. The van der Waals surface area contributed by atoms with Gasteiger partial charge in [-0.25, -0.2) is 0 Å². The molecule has 1 rings (SSSR count). The van der Waals surface area contributed by atoms with Gasteiger partial charge in [-0.3, -0.25) is 9.59 Å². The van der Waals surface area contributed by atoms with E-state index >= 15 is 0 Å². The first kappa shape index (κ1) is 19.2. The van der Waals surface area contributed by atoms with Crippen LogP contribution in [0.4, 0.5) is 0 Å². The Hall–Kier alpha value is -1.88. The second-order valence-corrected chi connectivity index (χ2v) is 7.08. The Balaban J connectivity index is 2.98. The number of aliphatic hydroxyl groups is 1. The van der Waals surface area contributed by atoms with Gasteiger partial charge in [0.25, 0.3) is 5.91 Å². The summed E-state index contributed by atoms with van der Waals surface area (Å²) in [7, 11) is 0. The van der Waals surface area contributed by atoms with Crippen LogP contribution in [0, 0.1) is 5.92 Å². The van der Waals surface area contributed by atoms with Crippen LogP contribution in [0.3, 0.4) is 0 Å². The van der Waals surface area contributed by atoms with Crippen molar-refractivity contribution in [1.82, 2.24) is 4.90 Å². The van der Waals surface area contributed by atoms with E-state index in [2.05, 4.69) is 0 Å². The van der Waals surface area contributed by atoms with Crippen LogP contribution in [0.5, 0.6) is 0 Å². The molecule has 1 unspecified atom stereocenters. The van der Waals surface area contributed by atoms with Gasteiger partial charge in [-0.1, -0.05) is 26.0 Å². The van der Waals surface area contributed by atoms with Gasteiger partial charge in [-0.15, -0.1) is 0 Å². The zero-order valence-corrected chi connectivity index (χ0v) is 14.5. The maximum Gasteiger partial charge on any atom is 0.305 e. The molecule has 2 N–H and O–H groups in total. The maximum absolute atomic E-state index is 12.7. The number of aliphatic hydroxyl groups excluding tert-OH is 1. The largest absolute Gasteiger partial charge is 0.481 e. The van der Waals surface area contributed by atoms with Crippen LogP contribution in [0.15, 0.2) is 24.3 Å². The average Bonchev–Trinajstić information content (AvgIpc) is 2.44. The Bertz CT molecular complexity index is 543. The first-order valence-corrected chi connectivity index (χ1v) is 7.86. The van der Waals surface area contributed by atoms with Crippen molar-refractivity contribution in [2.75, 3.05) is 6.54 Å². The number of amides is 1. The number of rotatable bonds is 6. The molecule has 0 radical (unpaired) electrons. The summed E-state index contributed by atoms with van der Waals surface area (Å²) in [4.78, 5) is 25.1. The van der Waals surface area contributed by atoms with Crippen molar-refractivity contribution in [2.45, 2.75) is 52.7 Å². The molecule has 1 aromatic carbocycles. The van der Waals surface area contributed by atoms with Crippen LogP contribution < -0.4 is 0 Å². The SMILES string of the molecule is CC(C)C(O)c1ccc(C(=O)N(CCC(=O)O)C(C)(C)C)cc1. The van der Waals surface area contributed by atoms with Crippen molar-refractivity contribution >= 4 is 11.9 Å². The summed E-state index contributed by atoms with van der Waals surface area (Å²) in [6.07, 6.45) is -0.655. The lowest BCUT2D eigenvalue weighted by Crippen LogP contribution is -2.46. The highest BCUT2D eigenvalue weighted by Gasteiger charge is 2.27. The Morgan fingerprint density at radius 2 is 1.65 bits per heavy atom. The fraction of sp³-hybridized carbons (Fsp3) is 0.556. The molecule has 0 aliphatic rings. The van der Waals surface area contributed by atoms with E-state index in [1.807, 2.05) is 34.6 Å². The lowest BCUT2D eigenvalue weighted by atomic mass is 9.97. The van der Waals surface area contributed by atoms with Crippen molar-refractivity contribution in [1.29, 1.82) is 0 Å². The molecule has 0 saturated carbocycles. The van der Waals surface area contributed by atoms with E-state index in [0.717, 1.165) is 5.56 Å². The number of carbonyl (C=O) groups excluding carboxylic acids is 1. The molecular formula is C18H27NO4. The maximum atomic E-state index is 12.7. The van der Waals surface area contributed by atoms with Crippen LogP contribution in [0.1, 0.15) is 63.1 Å². The van der Waals surface area contributed by atoms with E-state index in [4.69, 9.17) is 5.11 Å². The van der Waals surface area contributed by atoms with E-state index in [1.54, 1.807) is 29.2 Å². The first-order valence-electron chi connectivity index (χ1n) is 7.86. The summed E-state index contributed by atoms with van der Waals surface area (Å²) < 4.78 is 0. The molecule has 0 saturated heterocycles. The Morgan fingerprint density at radius 3 is 2.04 bits per heavy atom. The van der Waals surface area contributed by atoms with Gasteiger partial charge in [0.05, 0.1) is 12.5 Å². The van der Waals surface area contributed by atoms with E-state index in [0.29, 0.717) is 5.56 Å². The van der Waals surface area contributed by atoms with Gasteiger partial charge >= 0.3 is 5.97 Å². The van der Waals surface area contributed by atoms with Gasteiger partial charge < -0.3 is 15.1 Å². The molecule has 0 fully saturated rings. The van der Waals surface area contributed by atoms with Crippen LogP contribution in [0.2, 0.25) is 0 Å². The zero-order chi connectivity index (χ0) is 17.8. The number of hydrogen-bond acceptors (Lipinski definition) is 3. The molecule has 0 bridgehead atoms. The highest BCUT2D eigenvalue weighted by molar-refractivity contribution is 5.95. The van der Waals surface area contributed by atoms with Crippen molar-refractivity contribution in [3.05, 3.63) is 35.4 Å².